The average Bonchev–Trinajstić information content (AvgIpc) is 2.97. The fraction of sp³-hybridized carbons (Fsp3) is 0.500. The number of cyclic esters (lactones) is 1. The van der Waals surface area contributed by atoms with Crippen LogP contribution in [0.2, 0.25) is 0 Å². The van der Waals surface area contributed by atoms with Crippen LogP contribution in [0, 0.1) is 0 Å². The molecule has 1 N–H and O–H groups in total. The summed E-state index contributed by atoms with van der Waals surface area (Å²) in [5.41, 5.74) is 10.7. The van der Waals surface area contributed by atoms with E-state index in [1.54, 1.807) is 18.2 Å². The molecule has 28 heavy (non-hydrogen) atoms. The number of carbonyl (C=O) groups excluding carboxylic acids is 3. The van der Waals surface area contributed by atoms with Crippen LogP contribution in [0.4, 0.5) is 16.2 Å². The summed E-state index contributed by atoms with van der Waals surface area (Å²) < 4.78 is 10.4. The molecule has 1 aromatic rings. The molecule has 10 nitrogen and oxygen atoms in total. The van der Waals surface area contributed by atoms with E-state index < -0.39 is 18.2 Å². The number of esters is 1. The van der Waals surface area contributed by atoms with Crippen molar-refractivity contribution >= 4 is 29.3 Å². The summed E-state index contributed by atoms with van der Waals surface area (Å²) in [6.45, 7) is 2.18. The largest absolute Gasteiger partial charge is 0.462 e. The van der Waals surface area contributed by atoms with Crippen molar-refractivity contribution in [1.82, 2.24) is 0 Å². The Morgan fingerprint density at radius 1 is 1.46 bits per heavy atom. The lowest BCUT2D eigenvalue weighted by Crippen LogP contribution is -2.26. The van der Waals surface area contributed by atoms with Gasteiger partial charge in [-0.3, -0.25) is 14.5 Å². The molecule has 1 aromatic carbocycles. The maximum atomic E-state index is 12.2. The molecular weight excluding hydrogens is 366 g/mol. The molecule has 10 heteroatoms. The van der Waals surface area contributed by atoms with E-state index in [4.69, 9.17) is 15.0 Å². The van der Waals surface area contributed by atoms with Crippen molar-refractivity contribution in [3.63, 3.8) is 0 Å². The highest BCUT2D eigenvalue weighted by Crippen LogP contribution is 2.30. The number of amides is 2. The summed E-state index contributed by atoms with van der Waals surface area (Å²) in [6, 6.07) is 4.46. The minimum absolute atomic E-state index is 0.0237. The number of nitrogens with zero attached hydrogens (tertiary/aromatic N) is 4. The quantitative estimate of drug-likeness (QED) is 0.347. The Kier molecular flexibility index (Phi) is 6.00. The van der Waals surface area contributed by atoms with Gasteiger partial charge >= 0.3 is 12.1 Å². The van der Waals surface area contributed by atoms with Gasteiger partial charge in [0, 0.05) is 22.7 Å². The molecule has 2 aliphatic rings. The van der Waals surface area contributed by atoms with Crippen LogP contribution in [-0.4, -0.2) is 43.3 Å². The van der Waals surface area contributed by atoms with Crippen molar-refractivity contribution in [3.8, 4) is 0 Å². The zero-order chi connectivity index (χ0) is 20.1. The number of ether oxygens (including phenoxy) is 2. The lowest BCUT2D eigenvalue weighted by atomic mass is 10.1. The molecule has 0 aliphatic carbocycles. The second-order valence-corrected chi connectivity index (χ2v) is 6.64. The van der Waals surface area contributed by atoms with E-state index in [2.05, 4.69) is 15.3 Å². The van der Waals surface area contributed by atoms with E-state index in [9.17, 15) is 14.4 Å². The molecule has 2 atom stereocenters. The lowest BCUT2D eigenvalue weighted by molar-refractivity contribution is -0.146. The topological polar surface area (TPSA) is 134 Å². The minimum atomic E-state index is -0.764. The van der Waals surface area contributed by atoms with Gasteiger partial charge in [0.2, 0.25) is 5.91 Å². The Balaban J connectivity index is 1.68. The van der Waals surface area contributed by atoms with Crippen LogP contribution in [0.25, 0.3) is 10.4 Å². The van der Waals surface area contributed by atoms with Gasteiger partial charge in [-0.25, -0.2) is 4.79 Å². The first-order valence-corrected chi connectivity index (χ1v) is 9.13. The molecule has 2 amide bonds. The standard InChI is InChI=1S/C18H21N5O5/c1-2-3-16(24)27-10-13-9-23(18(26)28-13)12-5-7-14-11(8-12)4-6-15(21-22-19)17(25)20-14/h5,7-8,13,15H,2-4,6,9-10H2,1H3,(H,20,25)/t13-,15?/m1/s1. The zero-order valence-corrected chi connectivity index (χ0v) is 15.5. The van der Waals surface area contributed by atoms with E-state index in [-0.39, 0.29) is 25.0 Å². The monoisotopic (exact) mass is 387 g/mol. The molecule has 0 radical (unpaired) electrons. The Labute approximate surface area is 161 Å². The third-order valence-electron chi connectivity index (χ3n) is 4.60. The first-order chi connectivity index (χ1) is 13.5. The third-order valence-corrected chi connectivity index (χ3v) is 4.60. The second kappa shape index (κ2) is 8.62. The summed E-state index contributed by atoms with van der Waals surface area (Å²) in [5.74, 6) is -0.661. The number of anilines is 2. The van der Waals surface area contributed by atoms with Gasteiger partial charge in [0.25, 0.3) is 0 Å². The molecule has 1 unspecified atom stereocenters. The first kappa shape index (κ1) is 19.5. The Bertz CT molecular complexity index is 836. The Morgan fingerprint density at radius 3 is 3.04 bits per heavy atom. The number of aryl methyl sites for hydroxylation is 1. The highest BCUT2D eigenvalue weighted by atomic mass is 16.6. The summed E-state index contributed by atoms with van der Waals surface area (Å²) in [5, 5.41) is 6.26. The summed E-state index contributed by atoms with van der Waals surface area (Å²) in [4.78, 5) is 40.0. The fourth-order valence-electron chi connectivity index (χ4n) is 3.17. The smallest absolute Gasteiger partial charge is 0.414 e. The molecule has 2 heterocycles. The van der Waals surface area contributed by atoms with E-state index in [1.807, 2.05) is 6.92 Å². The number of carbonyl (C=O) groups is 3. The van der Waals surface area contributed by atoms with Gasteiger partial charge in [-0.05, 0) is 48.6 Å². The van der Waals surface area contributed by atoms with Gasteiger partial charge in [-0.2, -0.15) is 0 Å². The number of azide groups is 1. The van der Waals surface area contributed by atoms with E-state index in [1.165, 1.54) is 4.90 Å². The third kappa shape index (κ3) is 4.34. The summed E-state index contributed by atoms with van der Waals surface area (Å²) in [6.07, 6.45) is 0.890. The van der Waals surface area contributed by atoms with Crippen molar-refractivity contribution in [2.75, 3.05) is 23.4 Å². The molecule has 3 rings (SSSR count). The minimum Gasteiger partial charge on any atom is -0.462 e. The van der Waals surface area contributed by atoms with Gasteiger partial charge < -0.3 is 14.8 Å². The number of rotatable bonds is 6. The summed E-state index contributed by atoms with van der Waals surface area (Å²) in [7, 11) is 0. The molecule has 0 saturated carbocycles. The maximum Gasteiger partial charge on any atom is 0.414 e. The second-order valence-electron chi connectivity index (χ2n) is 6.64. The molecule has 0 aromatic heterocycles. The van der Waals surface area contributed by atoms with Crippen LogP contribution in [0.1, 0.15) is 31.7 Å². The number of benzene rings is 1. The van der Waals surface area contributed by atoms with Crippen molar-refractivity contribution in [2.45, 2.75) is 44.8 Å². The van der Waals surface area contributed by atoms with E-state index >= 15 is 0 Å². The van der Waals surface area contributed by atoms with Crippen molar-refractivity contribution in [3.05, 3.63) is 34.2 Å². The highest BCUT2D eigenvalue weighted by Gasteiger charge is 2.34. The Morgan fingerprint density at radius 2 is 2.29 bits per heavy atom. The lowest BCUT2D eigenvalue weighted by Gasteiger charge is -2.16. The van der Waals surface area contributed by atoms with Crippen molar-refractivity contribution in [1.29, 1.82) is 0 Å². The molecule has 0 spiro atoms. The van der Waals surface area contributed by atoms with Crippen LogP contribution in [0.5, 0.6) is 0 Å². The first-order valence-electron chi connectivity index (χ1n) is 9.13. The van der Waals surface area contributed by atoms with Crippen LogP contribution in [0.15, 0.2) is 23.3 Å². The maximum absolute atomic E-state index is 12.2. The van der Waals surface area contributed by atoms with Gasteiger partial charge in [-0.1, -0.05) is 12.0 Å². The average molecular weight is 387 g/mol. The van der Waals surface area contributed by atoms with Crippen LogP contribution >= 0.6 is 0 Å². The summed E-state index contributed by atoms with van der Waals surface area (Å²) >= 11 is 0. The van der Waals surface area contributed by atoms with E-state index in [0.29, 0.717) is 37.1 Å². The molecule has 2 aliphatic heterocycles. The van der Waals surface area contributed by atoms with Crippen LogP contribution in [0.3, 0.4) is 0 Å². The molecule has 0 bridgehead atoms. The molecule has 1 fully saturated rings. The van der Waals surface area contributed by atoms with Crippen LogP contribution in [-0.2, 0) is 25.5 Å². The predicted molar refractivity (Wildman–Crippen MR) is 99.8 cm³/mol. The highest BCUT2D eigenvalue weighted by molar-refractivity contribution is 5.97. The normalized spacial score (nSPS) is 21.1. The molecule has 148 valence electrons. The van der Waals surface area contributed by atoms with Gasteiger partial charge in [0.05, 0.1) is 6.54 Å². The van der Waals surface area contributed by atoms with Crippen molar-refractivity contribution in [2.24, 2.45) is 5.11 Å². The van der Waals surface area contributed by atoms with Crippen molar-refractivity contribution < 1.29 is 23.9 Å². The molecular formula is C18H21N5O5. The van der Waals surface area contributed by atoms with Gasteiger partial charge in [0.15, 0.2) is 6.10 Å². The number of hydrogen-bond acceptors (Lipinski definition) is 6. The Hall–Kier alpha value is -3.26. The SMILES string of the molecule is CCCC(=O)OC[C@H]1CN(c2ccc3c(c2)CCC(N=[N+]=[N-])C(=O)N3)C(=O)O1. The van der Waals surface area contributed by atoms with Crippen LogP contribution < -0.4 is 10.2 Å². The van der Waals surface area contributed by atoms with E-state index in [0.717, 1.165) is 5.56 Å². The van der Waals surface area contributed by atoms with Gasteiger partial charge in [0.1, 0.15) is 12.6 Å². The fourth-order valence-corrected chi connectivity index (χ4v) is 3.17. The zero-order valence-electron chi connectivity index (χ0n) is 15.5. The molecule has 1 saturated heterocycles. The predicted octanol–water partition coefficient (Wildman–Crippen LogP) is 2.92. The number of hydrogen-bond donors (Lipinski definition) is 1. The number of fused-ring (bicyclic) bond motifs is 1. The number of nitrogens with one attached hydrogen (secondary N) is 1. The van der Waals surface area contributed by atoms with Gasteiger partial charge in [-0.15, -0.1) is 0 Å².